The smallest absolute Gasteiger partial charge is 0.0642 e. The first-order valence-electron chi connectivity index (χ1n) is 8.27. The van der Waals surface area contributed by atoms with Crippen molar-refractivity contribution in [3.63, 3.8) is 0 Å². The zero-order valence-electron chi connectivity index (χ0n) is 14.0. The minimum Gasteiger partial charge on any atom is -0.378 e. The maximum atomic E-state index is 5.41. The van der Waals surface area contributed by atoms with Crippen LogP contribution >= 0.6 is 0 Å². The maximum Gasteiger partial charge on any atom is 0.0642 e. The zero-order valence-corrected chi connectivity index (χ0v) is 14.0. The van der Waals surface area contributed by atoms with Crippen LogP contribution < -0.4 is 4.90 Å². The van der Waals surface area contributed by atoms with Crippen LogP contribution in [-0.2, 0) is 11.3 Å². The lowest BCUT2D eigenvalue weighted by molar-refractivity contribution is 0.122. The quantitative estimate of drug-likeness (QED) is 0.848. The highest BCUT2D eigenvalue weighted by atomic mass is 16.5. The average molecular weight is 311 g/mol. The molecule has 0 aliphatic carbocycles. The van der Waals surface area contributed by atoms with E-state index in [1.165, 1.54) is 11.3 Å². The lowest BCUT2D eigenvalue weighted by atomic mass is 10.1. The van der Waals surface area contributed by atoms with Gasteiger partial charge in [0.05, 0.1) is 18.9 Å². The molecule has 0 saturated carbocycles. The van der Waals surface area contributed by atoms with Crippen LogP contribution in [0.3, 0.4) is 0 Å². The van der Waals surface area contributed by atoms with Gasteiger partial charge in [0.2, 0.25) is 0 Å². The second-order valence-electron chi connectivity index (χ2n) is 6.11. The van der Waals surface area contributed by atoms with Gasteiger partial charge in [0.1, 0.15) is 0 Å². The predicted octanol–water partition coefficient (Wildman–Crippen LogP) is 3.11. The van der Waals surface area contributed by atoms with Gasteiger partial charge in [0.25, 0.3) is 0 Å². The summed E-state index contributed by atoms with van der Waals surface area (Å²) in [6.45, 7) is 6.73. The van der Waals surface area contributed by atoms with E-state index in [4.69, 9.17) is 4.74 Å². The van der Waals surface area contributed by atoms with E-state index < -0.39 is 0 Å². The van der Waals surface area contributed by atoms with E-state index in [0.717, 1.165) is 38.5 Å². The van der Waals surface area contributed by atoms with Gasteiger partial charge in [-0.25, -0.2) is 0 Å². The Morgan fingerprint density at radius 1 is 1.13 bits per heavy atom. The highest BCUT2D eigenvalue weighted by Gasteiger charge is 2.14. The van der Waals surface area contributed by atoms with Crippen molar-refractivity contribution in [3.05, 3.63) is 59.9 Å². The summed E-state index contributed by atoms with van der Waals surface area (Å²) in [6.07, 6.45) is 1.86. The molecule has 1 fully saturated rings. The molecule has 1 aliphatic rings. The molecule has 122 valence electrons. The molecular formula is C19H25N3O. The second kappa shape index (κ2) is 7.57. The zero-order chi connectivity index (χ0) is 16.1. The van der Waals surface area contributed by atoms with E-state index in [9.17, 15) is 0 Å². The van der Waals surface area contributed by atoms with Gasteiger partial charge in [0, 0.05) is 37.6 Å². The largest absolute Gasteiger partial charge is 0.378 e. The van der Waals surface area contributed by atoms with E-state index in [1.807, 2.05) is 18.3 Å². The predicted molar refractivity (Wildman–Crippen MR) is 93.6 cm³/mol. The fourth-order valence-corrected chi connectivity index (χ4v) is 2.91. The van der Waals surface area contributed by atoms with Gasteiger partial charge < -0.3 is 9.64 Å². The molecule has 2 aromatic rings. The van der Waals surface area contributed by atoms with Gasteiger partial charge in [0.15, 0.2) is 0 Å². The molecule has 2 heterocycles. The molecule has 1 aliphatic heterocycles. The van der Waals surface area contributed by atoms with Gasteiger partial charge in [-0.2, -0.15) is 0 Å². The van der Waals surface area contributed by atoms with E-state index >= 15 is 0 Å². The first-order chi connectivity index (χ1) is 11.2. The van der Waals surface area contributed by atoms with Crippen LogP contribution in [0.1, 0.15) is 24.2 Å². The van der Waals surface area contributed by atoms with E-state index in [-0.39, 0.29) is 0 Å². The Labute approximate surface area is 138 Å². The first kappa shape index (κ1) is 16.0. The molecule has 4 nitrogen and oxygen atoms in total. The number of benzene rings is 1. The molecule has 23 heavy (non-hydrogen) atoms. The summed E-state index contributed by atoms with van der Waals surface area (Å²) in [5.74, 6) is 0. The number of aromatic nitrogens is 1. The monoisotopic (exact) mass is 311 g/mol. The molecule has 1 atom stereocenters. The Morgan fingerprint density at radius 3 is 2.52 bits per heavy atom. The van der Waals surface area contributed by atoms with Crippen molar-refractivity contribution in [2.24, 2.45) is 0 Å². The molecule has 0 radical (unpaired) electrons. The normalized spacial score (nSPS) is 16.6. The lowest BCUT2D eigenvalue weighted by Gasteiger charge is -2.29. The van der Waals surface area contributed by atoms with Crippen LogP contribution in [0.2, 0.25) is 0 Å². The number of rotatable bonds is 5. The highest BCUT2D eigenvalue weighted by molar-refractivity contribution is 5.47. The Bertz CT molecular complexity index is 594. The van der Waals surface area contributed by atoms with Crippen molar-refractivity contribution < 1.29 is 4.74 Å². The Balaban J connectivity index is 1.61. The summed E-state index contributed by atoms with van der Waals surface area (Å²) in [5.41, 5.74) is 3.73. The number of pyridine rings is 1. The number of hydrogen-bond acceptors (Lipinski definition) is 4. The molecule has 0 bridgehead atoms. The lowest BCUT2D eigenvalue weighted by Crippen LogP contribution is -2.36. The molecular weight excluding hydrogens is 286 g/mol. The van der Waals surface area contributed by atoms with Crippen LogP contribution in [0.4, 0.5) is 5.69 Å². The van der Waals surface area contributed by atoms with Gasteiger partial charge in [-0.1, -0.05) is 18.2 Å². The third-order valence-corrected chi connectivity index (χ3v) is 4.52. The third-order valence-electron chi connectivity index (χ3n) is 4.52. The average Bonchev–Trinajstić information content (AvgIpc) is 2.63. The summed E-state index contributed by atoms with van der Waals surface area (Å²) in [6, 6.07) is 15.3. The minimum atomic E-state index is 0.301. The second-order valence-corrected chi connectivity index (χ2v) is 6.11. The van der Waals surface area contributed by atoms with E-state index in [2.05, 4.69) is 59.1 Å². The number of nitrogens with zero attached hydrogens (tertiary/aromatic N) is 3. The van der Waals surface area contributed by atoms with Crippen molar-refractivity contribution in [2.75, 3.05) is 38.3 Å². The molecule has 1 aromatic heterocycles. The highest BCUT2D eigenvalue weighted by Crippen LogP contribution is 2.21. The standard InChI is InChI=1S/C19H25N3O/c1-16(19-5-3-4-10-20-19)21(2)15-17-6-8-18(9-7-17)22-11-13-23-14-12-22/h3-10,16H,11-15H2,1-2H3/t16-/m0/s1. The van der Waals surface area contributed by atoms with Gasteiger partial charge >= 0.3 is 0 Å². The summed E-state index contributed by atoms with van der Waals surface area (Å²) >= 11 is 0. The van der Waals surface area contributed by atoms with Crippen LogP contribution in [0.5, 0.6) is 0 Å². The molecule has 4 heteroatoms. The van der Waals surface area contributed by atoms with E-state index in [1.54, 1.807) is 0 Å². The summed E-state index contributed by atoms with van der Waals surface area (Å²) < 4.78 is 5.41. The Kier molecular flexibility index (Phi) is 5.26. The van der Waals surface area contributed by atoms with Crippen molar-refractivity contribution in [1.29, 1.82) is 0 Å². The van der Waals surface area contributed by atoms with E-state index in [0.29, 0.717) is 6.04 Å². The first-order valence-corrected chi connectivity index (χ1v) is 8.27. The van der Waals surface area contributed by atoms with Gasteiger partial charge in [-0.15, -0.1) is 0 Å². The SMILES string of the molecule is C[C@@H](c1ccccn1)N(C)Cc1ccc(N2CCOCC2)cc1. The molecule has 1 aromatic carbocycles. The van der Waals surface area contributed by atoms with Crippen LogP contribution in [0.25, 0.3) is 0 Å². The summed E-state index contributed by atoms with van der Waals surface area (Å²) in [4.78, 5) is 9.16. The Morgan fingerprint density at radius 2 is 1.87 bits per heavy atom. The summed E-state index contributed by atoms with van der Waals surface area (Å²) in [7, 11) is 2.15. The molecule has 3 rings (SSSR count). The number of hydrogen-bond donors (Lipinski definition) is 0. The molecule has 1 saturated heterocycles. The minimum absolute atomic E-state index is 0.301. The van der Waals surface area contributed by atoms with Crippen molar-refractivity contribution in [3.8, 4) is 0 Å². The molecule has 0 amide bonds. The van der Waals surface area contributed by atoms with Gasteiger partial charge in [-0.05, 0) is 43.8 Å². The van der Waals surface area contributed by atoms with Crippen molar-refractivity contribution in [1.82, 2.24) is 9.88 Å². The number of anilines is 1. The number of ether oxygens (including phenoxy) is 1. The fourth-order valence-electron chi connectivity index (χ4n) is 2.91. The van der Waals surface area contributed by atoms with Gasteiger partial charge in [-0.3, -0.25) is 9.88 Å². The van der Waals surface area contributed by atoms with Crippen LogP contribution in [0.15, 0.2) is 48.7 Å². The van der Waals surface area contributed by atoms with Crippen LogP contribution in [0, 0.1) is 0 Å². The molecule has 0 unspecified atom stereocenters. The maximum absolute atomic E-state index is 5.41. The van der Waals surface area contributed by atoms with Crippen molar-refractivity contribution >= 4 is 5.69 Å². The number of morpholine rings is 1. The Hall–Kier alpha value is -1.91. The third kappa shape index (κ3) is 4.09. The van der Waals surface area contributed by atoms with Crippen LogP contribution in [-0.4, -0.2) is 43.2 Å². The topological polar surface area (TPSA) is 28.6 Å². The van der Waals surface area contributed by atoms with Crippen molar-refractivity contribution in [2.45, 2.75) is 19.5 Å². The fraction of sp³-hybridized carbons (Fsp3) is 0.421. The molecule has 0 spiro atoms. The summed E-state index contributed by atoms with van der Waals surface area (Å²) in [5, 5.41) is 0. The molecule has 0 N–H and O–H groups in total.